The van der Waals surface area contributed by atoms with E-state index < -0.39 is 31.3 Å². The maximum absolute atomic E-state index is 10.9. The van der Waals surface area contributed by atoms with E-state index in [1.807, 2.05) is 0 Å². The predicted molar refractivity (Wildman–Crippen MR) is 59.9 cm³/mol. The number of hydrogen-bond donors (Lipinski definition) is 3. The van der Waals surface area contributed by atoms with Crippen molar-refractivity contribution in [2.75, 3.05) is 18.9 Å². The van der Waals surface area contributed by atoms with E-state index in [-0.39, 0.29) is 19.0 Å². The lowest BCUT2D eigenvalue weighted by atomic mass is 10.2. The molecule has 0 unspecified atom stereocenters. The van der Waals surface area contributed by atoms with Crippen LogP contribution in [0.2, 0.25) is 0 Å². The Labute approximate surface area is 102 Å². The van der Waals surface area contributed by atoms with Gasteiger partial charge in [-0.1, -0.05) is 0 Å². The maximum atomic E-state index is 10.9. The van der Waals surface area contributed by atoms with Crippen LogP contribution >= 0.6 is 0 Å². The summed E-state index contributed by atoms with van der Waals surface area (Å²) >= 11 is 0. The summed E-state index contributed by atoms with van der Waals surface area (Å²) in [5.41, 5.74) is 4.28. The minimum Gasteiger partial charge on any atom is -0.484 e. The van der Waals surface area contributed by atoms with Crippen molar-refractivity contribution in [3.05, 3.63) is 22.2 Å². The number of anilines is 1. The number of nitro groups is 1. The molecule has 1 aromatic carbocycles. The Morgan fingerprint density at radius 2 is 2.06 bits per heavy atom. The van der Waals surface area contributed by atoms with Gasteiger partial charge in [-0.15, -0.1) is 0 Å². The van der Waals surface area contributed by atoms with Crippen molar-refractivity contribution in [3.63, 3.8) is 0 Å². The summed E-state index contributed by atoms with van der Waals surface area (Å²) in [5, 5.41) is 19.3. The molecule has 0 aliphatic heterocycles. The molecule has 0 aliphatic carbocycles. The fourth-order valence-corrected chi connectivity index (χ4v) is 1.82. The third kappa shape index (κ3) is 3.06. The molecule has 0 aromatic heterocycles. The summed E-state index contributed by atoms with van der Waals surface area (Å²) < 4.78 is 35.5. The molecular formula is C8H10N2O7S. The Morgan fingerprint density at radius 3 is 2.50 bits per heavy atom. The summed E-state index contributed by atoms with van der Waals surface area (Å²) in [7, 11) is -4.66. The average Bonchev–Trinajstić information content (AvgIpc) is 2.23. The SMILES string of the molecule is Nc1cc(OCCO)c([N+](=O)[O-])cc1S(=O)(=O)O. The number of nitrogens with zero attached hydrogens (tertiary/aromatic N) is 1. The zero-order valence-corrected chi connectivity index (χ0v) is 9.75. The van der Waals surface area contributed by atoms with E-state index >= 15 is 0 Å². The quantitative estimate of drug-likeness (QED) is 0.289. The fraction of sp³-hybridized carbons (Fsp3) is 0.250. The number of nitro benzene ring substituents is 1. The lowest BCUT2D eigenvalue weighted by Gasteiger charge is -2.08. The van der Waals surface area contributed by atoms with E-state index in [1.54, 1.807) is 0 Å². The van der Waals surface area contributed by atoms with Crippen molar-refractivity contribution in [1.29, 1.82) is 0 Å². The van der Waals surface area contributed by atoms with Gasteiger partial charge >= 0.3 is 5.69 Å². The van der Waals surface area contributed by atoms with Crippen LogP contribution in [0.3, 0.4) is 0 Å². The predicted octanol–water partition coefficient (Wildman–Crippen LogP) is -0.205. The molecular weight excluding hydrogens is 268 g/mol. The summed E-state index contributed by atoms with van der Waals surface area (Å²) in [6.07, 6.45) is 0. The van der Waals surface area contributed by atoms with Gasteiger partial charge in [0.05, 0.1) is 17.2 Å². The molecule has 100 valence electrons. The second-order valence-corrected chi connectivity index (χ2v) is 4.55. The highest BCUT2D eigenvalue weighted by atomic mass is 32.2. The van der Waals surface area contributed by atoms with E-state index in [2.05, 4.69) is 0 Å². The fourth-order valence-electron chi connectivity index (χ4n) is 1.20. The molecule has 0 fully saturated rings. The molecule has 10 heteroatoms. The van der Waals surface area contributed by atoms with Crippen molar-refractivity contribution in [3.8, 4) is 5.75 Å². The first-order chi connectivity index (χ1) is 8.27. The van der Waals surface area contributed by atoms with Gasteiger partial charge in [0, 0.05) is 12.1 Å². The van der Waals surface area contributed by atoms with Crippen LogP contribution in [0.1, 0.15) is 0 Å². The van der Waals surface area contributed by atoms with Gasteiger partial charge in [-0.05, 0) is 0 Å². The van der Waals surface area contributed by atoms with Crippen molar-refractivity contribution < 1.29 is 27.7 Å². The lowest BCUT2D eigenvalue weighted by molar-refractivity contribution is -0.386. The standard InChI is InChI=1S/C8H10N2O7S/c9-5-3-7(17-2-1-11)6(10(12)13)4-8(5)18(14,15)16/h3-4,11H,1-2,9H2,(H,14,15,16). The number of nitrogen functional groups attached to an aromatic ring is 1. The average molecular weight is 278 g/mol. The number of rotatable bonds is 5. The third-order valence-corrected chi connectivity index (χ3v) is 2.82. The molecule has 0 saturated heterocycles. The number of benzene rings is 1. The van der Waals surface area contributed by atoms with Gasteiger partial charge in [0.1, 0.15) is 11.5 Å². The summed E-state index contributed by atoms with van der Waals surface area (Å²) in [5.74, 6) is -0.293. The molecule has 0 aliphatic rings. The number of hydrogen-bond acceptors (Lipinski definition) is 7. The van der Waals surface area contributed by atoms with E-state index in [0.29, 0.717) is 6.07 Å². The third-order valence-electron chi connectivity index (χ3n) is 1.91. The smallest absolute Gasteiger partial charge is 0.312 e. The summed E-state index contributed by atoms with van der Waals surface area (Å²) in [6.45, 7) is -0.595. The topological polar surface area (TPSA) is 153 Å². The summed E-state index contributed by atoms with van der Waals surface area (Å²) in [4.78, 5) is 9.06. The molecule has 0 atom stereocenters. The number of aliphatic hydroxyl groups is 1. The van der Waals surface area contributed by atoms with Crippen molar-refractivity contribution in [1.82, 2.24) is 0 Å². The van der Waals surface area contributed by atoms with Gasteiger partial charge in [-0.2, -0.15) is 8.42 Å². The lowest BCUT2D eigenvalue weighted by Crippen LogP contribution is -2.08. The van der Waals surface area contributed by atoms with Crippen molar-refractivity contribution >= 4 is 21.5 Å². The zero-order chi connectivity index (χ0) is 13.9. The molecule has 0 bridgehead atoms. The molecule has 0 spiro atoms. The second-order valence-electron chi connectivity index (χ2n) is 3.16. The zero-order valence-electron chi connectivity index (χ0n) is 8.94. The Bertz CT molecular complexity index is 569. The molecule has 1 rings (SSSR count). The van der Waals surface area contributed by atoms with Gasteiger partial charge in [0.15, 0.2) is 5.75 Å². The van der Waals surface area contributed by atoms with Crippen LogP contribution in [0.15, 0.2) is 17.0 Å². The minimum atomic E-state index is -4.66. The monoisotopic (exact) mass is 278 g/mol. The normalized spacial score (nSPS) is 11.2. The van der Waals surface area contributed by atoms with E-state index in [4.69, 9.17) is 20.1 Å². The van der Waals surface area contributed by atoms with Crippen LogP contribution in [0, 0.1) is 10.1 Å². The summed E-state index contributed by atoms with van der Waals surface area (Å²) in [6, 6.07) is 1.49. The van der Waals surface area contributed by atoms with Crippen LogP contribution in [0.4, 0.5) is 11.4 Å². The molecule has 4 N–H and O–H groups in total. The molecule has 0 radical (unpaired) electrons. The Balaban J connectivity index is 3.39. The first kappa shape index (κ1) is 14.2. The molecule has 18 heavy (non-hydrogen) atoms. The van der Waals surface area contributed by atoms with Gasteiger partial charge < -0.3 is 15.6 Å². The van der Waals surface area contributed by atoms with Crippen LogP contribution in [-0.2, 0) is 10.1 Å². The highest BCUT2D eigenvalue weighted by Crippen LogP contribution is 2.34. The van der Waals surface area contributed by atoms with Crippen LogP contribution in [-0.4, -0.2) is 36.2 Å². The van der Waals surface area contributed by atoms with E-state index in [1.165, 1.54) is 0 Å². The van der Waals surface area contributed by atoms with Gasteiger partial charge in [-0.3, -0.25) is 14.7 Å². The van der Waals surface area contributed by atoms with Crippen molar-refractivity contribution in [2.45, 2.75) is 4.90 Å². The minimum absolute atomic E-state index is 0.217. The first-order valence-electron chi connectivity index (χ1n) is 4.56. The van der Waals surface area contributed by atoms with Gasteiger partial charge in [-0.25, -0.2) is 0 Å². The molecule has 1 aromatic rings. The van der Waals surface area contributed by atoms with Crippen LogP contribution < -0.4 is 10.5 Å². The highest BCUT2D eigenvalue weighted by Gasteiger charge is 2.24. The Kier molecular flexibility index (Phi) is 4.06. The Morgan fingerprint density at radius 1 is 1.44 bits per heavy atom. The molecule has 0 heterocycles. The van der Waals surface area contributed by atoms with Crippen LogP contribution in [0.5, 0.6) is 5.75 Å². The van der Waals surface area contributed by atoms with Gasteiger partial charge in [0.25, 0.3) is 10.1 Å². The van der Waals surface area contributed by atoms with E-state index in [0.717, 1.165) is 6.07 Å². The molecule has 0 amide bonds. The molecule has 0 saturated carbocycles. The largest absolute Gasteiger partial charge is 0.484 e. The number of ether oxygens (including phenoxy) is 1. The van der Waals surface area contributed by atoms with Crippen molar-refractivity contribution in [2.24, 2.45) is 0 Å². The maximum Gasteiger partial charge on any atom is 0.312 e. The van der Waals surface area contributed by atoms with E-state index in [9.17, 15) is 18.5 Å². The second kappa shape index (κ2) is 5.16. The first-order valence-corrected chi connectivity index (χ1v) is 6.00. The highest BCUT2D eigenvalue weighted by molar-refractivity contribution is 7.86. The Hall–Kier alpha value is -1.91. The number of nitrogens with two attached hydrogens (primary N) is 1. The number of aliphatic hydroxyl groups excluding tert-OH is 1. The molecule has 9 nitrogen and oxygen atoms in total. The van der Waals surface area contributed by atoms with Crippen LogP contribution in [0.25, 0.3) is 0 Å². The van der Waals surface area contributed by atoms with Gasteiger partial charge in [0.2, 0.25) is 0 Å².